The summed E-state index contributed by atoms with van der Waals surface area (Å²) in [6.45, 7) is 0.169. The van der Waals surface area contributed by atoms with Crippen molar-refractivity contribution in [3.63, 3.8) is 0 Å². The smallest absolute Gasteiger partial charge is 0.148 e. The first-order valence-electron chi connectivity index (χ1n) is 7.68. The van der Waals surface area contributed by atoms with E-state index in [4.69, 9.17) is 22.8 Å². The highest BCUT2D eigenvalue weighted by atomic mass is 35.5. The molecule has 0 unspecified atom stereocenters. The summed E-state index contributed by atoms with van der Waals surface area (Å²) in [6.07, 6.45) is 7.15. The number of rotatable bonds is 4. The topological polar surface area (TPSA) is 33.0 Å². The Morgan fingerprint density at radius 1 is 1.08 bits per heavy atom. The van der Waals surface area contributed by atoms with E-state index < -0.39 is 0 Å². The summed E-state index contributed by atoms with van der Waals surface area (Å²) in [6, 6.07) is 21.2. The lowest BCUT2D eigenvalue weighted by atomic mass is 9.98. The van der Waals surface area contributed by atoms with Crippen molar-refractivity contribution in [3.8, 4) is 24.2 Å². The molecule has 3 heteroatoms. The Morgan fingerprint density at radius 2 is 1.84 bits per heavy atom. The molecule has 3 aromatic carbocycles. The van der Waals surface area contributed by atoms with E-state index in [-0.39, 0.29) is 6.61 Å². The van der Waals surface area contributed by atoms with Crippen molar-refractivity contribution in [2.45, 2.75) is 0 Å². The van der Waals surface area contributed by atoms with Crippen LogP contribution in [-0.4, -0.2) is 6.61 Å². The third-order valence-electron chi connectivity index (χ3n) is 3.81. The van der Waals surface area contributed by atoms with Crippen LogP contribution in [0.5, 0.6) is 5.75 Å². The van der Waals surface area contributed by atoms with Crippen LogP contribution < -0.4 is 4.74 Å². The molecule has 0 aromatic heterocycles. The van der Waals surface area contributed by atoms with E-state index >= 15 is 0 Å². The van der Waals surface area contributed by atoms with E-state index in [1.807, 2.05) is 54.6 Å². The molecule has 0 bridgehead atoms. The SMILES string of the molecule is C#CCOc1ccc2ccccc2c1/C=C(/C#N)c1ccc(Cl)cc1. The summed E-state index contributed by atoms with van der Waals surface area (Å²) < 4.78 is 5.68. The van der Waals surface area contributed by atoms with Crippen LogP contribution in [-0.2, 0) is 0 Å². The van der Waals surface area contributed by atoms with Gasteiger partial charge in [-0.2, -0.15) is 5.26 Å². The quantitative estimate of drug-likeness (QED) is 0.352. The van der Waals surface area contributed by atoms with Crippen molar-refractivity contribution < 1.29 is 4.74 Å². The van der Waals surface area contributed by atoms with Crippen molar-refractivity contribution in [1.82, 2.24) is 0 Å². The number of terminal acetylenes is 1. The predicted octanol–water partition coefficient (Wildman–Crippen LogP) is 5.57. The molecule has 2 nitrogen and oxygen atoms in total. The summed E-state index contributed by atoms with van der Waals surface area (Å²) in [5.41, 5.74) is 2.15. The van der Waals surface area contributed by atoms with E-state index in [1.165, 1.54) is 0 Å². The van der Waals surface area contributed by atoms with E-state index in [0.717, 1.165) is 21.9 Å². The molecule has 0 aliphatic heterocycles. The van der Waals surface area contributed by atoms with Crippen LogP contribution >= 0.6 is 11.6 Å². The molecule has 0 fully saturated rings. The van der Waals surface area contributed by atoms with Gasteiger partial charge < -0.3 is 4.74 Å². The fourth-order valence-electron chi connectivity index (χ4n) is 2.62. The van der Waals surface area contributed by atoms with E-state index in [2.05, 4.69) is 12.0 Å². The Morgan fingerprint density at radius 3 is 2.56 bits per heavy atom. The first kappa shape index (κ1) is 16.7. The van der Waals surface area contributed by atoms with Crippen molar-refractivity contribution in [3.05, 3.63) is 76.8 Å². The molecule has 3 rings (SSSR count). The number of hydrogen-bond acceptors (Lipinski definition) is 2. The van der Waals surface area contributed by atoms with E-state index in [0.29, 0.717) is 16.3 Å². The molecule has 0 saturated carbocycles. The fourth-order valence-corrected chi connectivity index (χ4v) is 2.75. The van der Waals surface area contributed by atoms with Gasteiger partial charge in [-0.3, -0.25) is 0 Å². The minimum atomic E-state index is 0.169. The molecule has 0 heterocycles. The molecule has 3 aromatic rings. The highest BCUT2D eigenvalue weighted by Crippen LogP contribution is 2.32. The second kappa shape index (κ2) is 7.58. The van der Waals surface area contributed by atoms with Crippen LogP contribution in [0, 0.1) is 23.7 Å². The molecule has 0 spiro atoms. The number of allylic oxidation sites excluding steroid dienone is 1. The van der Waals surface area contributed by atoms with Gasteiger partial charge in [-0.1, -0.05) is 60.0 Å². The summed E-state index contributed by atoms with van der Waals surface area (Å²) in [4.78, 5) is 0. The van der Waals surface area contributed by atoms with Gasteiger partial charge in [-0.15, -0.1) is 6.42 Å². The van der Waals surface area contributed by atoms with Gasteiger partial charge in [0.15, 0.2) is 0 Å². The second-order valence-electron chi connectivity index (χ2n) is 5.37. The van der Waals surface area contributed by atoms with Crippen molar-refractivity contribution in [2.24, 2.45) is 0 Å². The van der Waals surface area contributed by atoms with Crippen LogP contribution in [0.15, 0.2) is 60.7 Å². The van der Waals surface area contributed by atoms with Crippen molar-refractivity contribution in [1.29, 1.82) is 5.26 Å². The summed E-state index contributed by atoms with van der Waals surface area (Å²) >= 11 is 5.94. The van der Waals surface area contributed by atoms with Gasteiger partial charge in [0.2, 0.25) is 0 Å². The highest BCUT2D eigenvalue weighted by Gasteiger charge is 2.09. The maximum Gasteiger partial charge on any atom is 0.148 e. The normalized spacial score (nSPS) is 10.9. The Balaban J connectivity index is 2.19. The first-order chi connectivity index (χ1) is 12.2. The predicted molar refractivity (Wildman–Crippen MR) is 103 cm³/mol. The number of ether oxygens (including phenoxy) is 1. The van der Waals surface area contributed by atoms with Crippen LogP contribution in [0.25, 0.3) is 22.4 Å². The fraction of sp³-hybridized carbons (Fsp3) is 0.0455. The number of halogens is 1. The van der Waals surface area contributed by atoms with Crippen molar-refractivity contribution in [2.75, 3.05) is 6.61 Å². The monoisotopic (exact) mass is 343 g/mol. The van der Waals surface area contributed by atoms with Crippen LogP contribution in [0.4, 0.5) is 0 Å². The average molecular weight is 344 g/mol. The van der Waals surface area contributed by atoms with Gasteiger partial charge >= 0.3 is 0 Å². The summed E-state index contributed by atoms with van der Waals surface area (Å²) in [7, 11) is 0. The molecule has 0 atom stereocenters. The molecule has 0 amide bonds. The second-order valence-corrected chi connectivity index (χ2v) is 5.80. The number of fused-ring (bicyclic) bond motifs is 1. The lowest BCUT2D eigenvalue weighted by molar-refractivity contribution is 0.370. The molecule has 0 aliphatic rings. The maximum absolute atomic E-state index is 9.62. The van der Waals surface area contributed by atoms with Gasteiger partial charge in [0, 0.05) is 10.6 Å². The zero-order valence-corrected chi connectivity index (χ0v) is 14.1. The van der Waals surface area contributed by atoms with Crippen LogP contribution in [0.3, 0.4) is 0 Å². The lowest BCUT2D eigenvalue weighted by Gasteiger charge is -2.11. The Labute approximate surface area is 151 Å². The van der Waals surface area contributed by atoms with Crippen LogP contribution in [0.1, 0.15) is 11.1 Å². The van der Waals surface area contributed by atoms with Gasteiger partial charge in [0.25, 0.3) is 0 Å². The Hall–Kier alpha value is -3.20. The Kier molecular flexibility index (Phi) is 5.05. The standard InChI is InChI=1S/C22H14ClNO/c1-2-13-25-22-12-9-17-5-3-4-6-20(17)21(22)14-18(15-24)16-7-10-19(23)11-8-16/h1,3-12,14H,13H2/b18-14-. The molecular formula is C22H14ClNO. The minimum absolute atomic E-state index is 0.169. The molecule has 0 N–H and O–H groups in total. The van der Waals surface area contributed by atoms with Gasteiger partial charge in [0.05, 0.1) is 11.6 Å². The Bertz CT molecular complexity index is 1020. The molecule has 0 radical (unpaired) electrons. The summed E-state index contributed by atoms with van der Waals surface area (Å²) in [5, 5.41) is 12.3. The molecule has 0 aliphatic carbocycles. The third-order valence-corrected chi connectivity index (χ3v) is 4.06. The minimum Gasteiger partial charge on any atom is -0.480 e. The molecule has 120 valence electrons. The van der Waals surface area contributed by atoms with Crippen LogP contribution in [0.2, 0.25) is 5.02 Å². The number of benzene rings is 3. The highest BCUT2D eigenvalue weighted by molar-refractivity contribution is 6.30. The largest absolute Gasteiger partial charge is 0.480 e. The van der Waals surface area contributed by atoms with Gasteiger partial charge in [-0.05, 0) is 40.6 Å². The van der Waals surface area contributed by atoms with Gasteiger partial charge in [-0.25, -0.2) is 0 Å². The number of hydrogen-bond donors (Lipinski definition) is 0. The molecule has 25 heavy (non-hydrogen) atoms. The number of nitriles is 1. The van der Waals surface area contributed by atoms with E-state index in [9.17, 15) is 5.26 Å². The third kappa shape index (κ3) is 3.66. The molecular weight excluding hydrogens is 330 g/mol. The van der Waals surface area contributed by atoms with Crippen molar-refractivity contribution >= 4 is 34.0 Å². The van der Waals surface area contributed by atoms with E-state index in [1.54, 1.807) is 12.1 Å². The zero-order chi connectivity index (χ0) is 17.6. The van der Waals surface area contributed by atoms with Gasteiger partial charge in [0.1, 0.15) is 12.4 Å². The zero-order valence-electron chi connectivity index (χ0n) is 13.4. The lowest BCUT2D eigenvalue weighted by Crippen LogP contribution is -1.96. The first-order valence-corrected chi connectivity index (χ1v) is 8.06. The molecule has 0 saturated heterocycles. The average Bonchev–Trinajstić information content (AvgIpc) is 2.65. The number of nitrogens with zero attached hydrogens (tertiary/aromatic N) is 1. The summed E-state index contributed by atoms with van der Waals surface area (Å²) in [5.74, 6) is 3.13. The maximum atomic E-state index is 9.62.